The fourth-order valence-electron chi connectivity index (χ4n) is 3.42. The zero-order chi connectivity index (χ0) is 21.7. The molecule has 2 aromatic rings. The highest BCUT2D eigenvalue weighted by molar-refractivity contribution is 6.09. The molecule has 3 rings (SSSR count). The number of amides is 4. The van der Waals surface area contributed by atoms with Crippen LogP contribution in [0.25, 0.3) is 0 Å². The number of rotatable bonds is 8. The summed E-state index contributed by atoms with van der Waals surface area (Å²) in [6.07, 6.45) is 0.567. The van der Waals surface area contributed by atoms with E-state index in [1.165, 1.54) is 7.11 Å². The monoisotopic (exact) mass is 411 g/mol. The molecule has 0 aromatic heterocycles. The van der Waals surface area contributed by atoms with Crippen LogP contribution in [0.3, 0.4) is 0 Å². The first kappa shape index (κ1) is 21.2. The van der Waals surface area contributed by atoms with Gasteiger partial charge in [-0.2, -0.15) is 0 Å². The van der Waals surface area contributed by atoms with E-state index in [1.54, 1.807) is 38.3 Å². The van der Waals surface area contributed by atoms with Crippen molar-refractivity contribution in [3.63, 3.8) is 0 Å². The van der Waals surface area contributed by atoms with E-state index in [9.17, 15) is 14.4 Å². The summed E-state index contributed by atoms with van der Waals surface area (Å²) in [5, 5.41) is 5.43. The Morgan fingerprint density at radius 3 is 2.60 bits per heavy atom. The molecule has 1 fully saturated rings. The summed E-state index contributed by atoms with van der Waals surface area (Å²) in [7, 11) is 3.12. The summed E-state index contributed by atoms with van der Waals surface area (Å²) >= 11 is 0. The van der Waals surface area contributed by atoms with Crippen molar-refractivity contribution >= 4 is 17.8 Å². The standard InChI is InChI=1S/C22H25N3O5/c1-22(16-8-6-9-17(13-16)29-2)20(27)25(21(28)24-22)14-19(26)23-12-11-15-7-4-5-10-18(15)30-3/h4-10,13H,11-12,14H2,1-3H3,(H,23,26)(H,24,28)/t22-/m0/s1. The van der Waals surface area contributed by atoms with E-state index in [0.717, 1.165) is 16.2 Å². The second kappa shape index (κ2) is 8.86. The van der Waals surface area contributed by atoms with Gasteiger partial charge in [0.15, 0.2) is 0 Å². The molecule has 1 atom stereocenters. The summed E-state index contributed by atoms with van der Waals surface area (Å²) in [6.45, 7) is 1.62. The highest BCUT2D eigenvalue weighted by atomic mass is 16.5. The first-order valence-electron chi connectivity index (χ1n) is 9.56. The van der Waals surface area contributed by atoms with Crippen LogP contribution in [0.4, 0.5) is 4.79 Å². The smallest absolute Gasteiger partial charge is 0.325 e. The van der Waals surface area contributed by atoms with Crippen molar-refractivity contribution in [3.8, 4) is 11.5 Å². The Labute approximate surface area is 175 Å². The predicted octanol–water partition coefficient (Wildman–Crippen LogP) is 1.83. The maximum absolute atomic E-state index is 13.0. The third-order valence-electron chi connectivity index (χ3n) is 5.13. The number of para-hydroxylation sites is 1. The third kappa shape index (κ3) is 4.22. The number of carbonyl (C=O) groups excluding carboxylic acids is 3. The minimum absolute atomic E-state index is 0.351. The lowest BCUT2D eigenvalue weighted by Crippen LogP contribution is -2.43. The number of methoxy groups -OCH3 is 2. The van der Waals surface area contributed by atoms with Crippen LogP contribution >= 0.6 is 0 Å². The zero-order valence-corrected chi connectivity index (χ0v) is 17.2. The molecule has 0 unspecified atom stereocenters. The summed E-state index contributed by atoms with van der Waals surface area (Å²) < 4.78 is 10.5. The van der Waals surface area contributed by atoms with Gasteiger partial charge in [-0.05, 0) is 42.7 Å². The summed E-state index contributed by atoms with van der Waals surface area (Å²) in [6, 6.07) is 13.8. The molecule has 0 spiro atoms. The third-order valence-corrected chi connectivity index (χ3v) is 5.13. The van der Waals surface area contributed by atoms with Crippen LogP contribution in [0.1, 0.15) is 18.1 Å². The number of ether oxygens (including phenoxy) is 2. The Morgan fingerprint density at radius 1 is 1.10 bits per heavy atom. The summed E-state index contributed by atoms with van der Waals surface area (Å²) in [5.74, 6) is 0.419. The Bertz CT molecular complexity index is 961. The first-order chi connectivity index (χ1) is 14.4. The van der Waals surface area contributed by atoms with Crippen molar-refractivity contribution in [2.45, 2.75) is 18.9 Å². The molecule has 158 valence electrons. The van der Waals surface area contributed by atoms with Gasteiger partial charge in [0, 0.05) is 6.54 Å². The Hall–Kier alpha value is -3.55. The average Bonchev–Trinajstić information content (AvgIpc) is 2.98. The molecule has 8 heteroatoms. The number of hydrogen-bond acceptors (Lipinski definition) is 5. The number of nitrogens with one attached hydrogen (secondary N) is 2. The minimum atomic E-state index is -1.26. The van der Waals surface area contributed by atoms with Gasteiger partial charge in [-0.1, -0.05) is 30.3 Å². The second-order valence-electron chi connectivity index (χ2n) is 7.09. The molecule has 8 nitrogen and oxygen atoms in total. The van der Waals surface area contributed by atoms with Gasteiger partial charge in [-0.15, -0.1) is 0 Å². The van der Waals surface area contributed by atoms with Gasteiger partial charge in [-0.3, -0.25) is 14.5 Å². The van der Waals surface area contributed by atoms with E-state index in [4.69, 9.17) is 9.47 Å². The highest BCUT2D eigenvalue weighted by Crippen LogP contribution is 2.30. The number of carbonyl (C=O) groups is 3. The van der Waals surface area contributed by atoms with Gasteiger partial charge in [-0.25, -0.2) is 4.79 Å². The van der Waals surface area contributed by atoms with E-state index < -0.39 is 23.4 Å². The van der Waals surface area contributed by atoms with Crippen molar-refractivity contribution in [3.05, 3.63) is 59.7 Å². The van der Waals surface area contributed by atoms with Crippen LogP contribution in [-0.4, -0.2) is 50.1 Å². The van der Waals surface area contributed by atoms with Gasteiger partial charge in [0.05, 0.1) is 14.2 Å². The number of hydrogen-bond donors (Lipinski definition) is 2. The molecule has 30 heavy (non-hydrogen) atoms. The Balaban J connectivity index is 1.61. The van der Waals surface area contributed by atoms with Crippen molar-refractivity contribution in [2.75, 3.05) is 27.3 Å². The van der Waals surface area contributed by atoms with Crippen LogP contribution in [0, 0.1) is 0 Å². The maximum Gasteiger partial charge on any atom is 0.325 e. The Kier molecular flexibility index (Phi) is 6.25. The van der Waals surface area contributed by atoms with Crippen LogP contribution in [0.2, 0.25) is 0 Å². The molecule has 2 aromatic carbocycles. The SMILES string of the molecule is COc1cccc([C@]2(C)NC(=O)N(CC(=O)NCCc3ccccc3OC)C2=O)c1. The average molecular weight is 411 g/mol. The number of benzene rings is 2. The van der Waals surface area contributed by atoms with E-state index in [2.05, 4.69) is 10.6 Å². The van der Waals surface area contributed by atoms with Crippen molar-refractivity contribution < 1.29 is 23.9 Å². The van der Waals surface area contributed by atoms with E-state index >= 15 is 0 Å². The number of imide groups is 1. The predicted molar refractivity (Wildman–Crippen MR) is 110 cm³/mol. The fourth-order valence-corrected chi connectivity index (χ4v) is 3.42. The van der Waals surface area contributed by atoms with Gasteiger partial charge in [0.2, 0.25) is 5.91 Å². The Morgan fingerprint density at radius 2 is 1.87 bits per heavy atom. The van der Waals surface area contributed by atoms with Crippen molar-refractivity contribution in [2.24, 2.45) is 0 Å². The molecule has 0 saturated carbocycles. The number of nitrogens with zero attached hydrogens (tertiary/aromatic N) is 1. The lowest BCUT2D eigenvalue weighted by molar-refractivity contribution is -0.134. The summed E-state index contributed by atoms with van der Waals surface area (Å²) in [4.78, 5) is 38.6. The molecule has 1 aliphatic rings. The molecule has 0 aliphatic carbocycles. The van der Waals surface area contributed by atoms with Crippen LogP contribution in [0.15, 0.2) is 48.5 Å². The van der Waals surface area contributed by atoms with Crippen molar-refractivity contribution in [1.29, 1.82) is 0 Å². The zero-order valence-electron chi connectivity index (χ0n) is 17.2. The molecular formula is C22H25N3O5. The van der Waals surface area contributed by atoms with Crippen LogP contribution in [-0.2, 0) is 21.5 Å². The lowest BCUT2D eigenvalue weighted by Gasteiger charge is -2.22. The van der Waals surface area contributed by atoms with E-state index in [-0.39, 0.29) is 6.54 Å². The van der Waals surface area contributed by atoms with Crippen LogP contribution < -0.4 is 20.1 Å². The van der Waals surface area contributed by atoms with Crippen molar-refractivity contribution in [1.82, 2.24) is 15.5 Å². The molecule has 1 heterocycles. The quantitative estimate of drug-likeness (QED) is 0.646. The summed E-state index contributed by atoms with van der Waals surface area (Å²) in [5.41, 5.74) is 0.281. The van der Waals surface area contributed by atoms with E-state index in [0.29, 0.717) is 24.3 Å². The lowest BCUT2D eigenvalue weighted by atomic mass is 9.92. The molecule has 0 radical (unpaired) electrons. The minimum Gasteiger partial charge on any atom is -0.497 e. The molecule has 2 N–H and O–H groups in total. The molecule has 1 aliphatic heterocycles. The van der Waals surface area contributed by atoms with Gasteiger partial charge in [0.25, 0.3) is 5.91 Å². The fraction of sp³-hybridized carbons (Fsp3) is 0.318. The number of urea groups is 1. The molecule has 0 bridgehead atoms. The second-order valence-corrected chi connectivity index (χ2v) is 7.09. The van der Waals surface area contributed by atoms with Crippen LogP contribution in [0.5, 0.6) is 11.5 Å². The largest absolute Gasteiger partial charge is 0.497 e. The van der Waals surface area contributed by atoms with Gasteiger partial charge >= 0.3 is 6.03 Å². The van der Waals surface area contributed by atoms with E-state index in [1.807, 2.05) is 24.3 Å². The topological polar surface area (TPSA) is 97.0 Å². The first-order valence-corrected chi connectivity index (χ1v) is 9.56. The molecule has 1 saturated heterocycles. The molecular weight excluding hydrogens is 386 g/mol. The normalized spacial score (nSPS) is 18.2. The molecule has 4 amide bonds. The maximum atomic E-state index is 13.0. The highest BCUT2D eigenvalue weighted by Gasteiger charge is 2.49. The van der Waals surface area contributed by atoms with Gasteiger partial charge < -0.3 is 20.1 Å². The van der Waals surface area contributed by atoms with Gasteiger partial charge in [0.1, 0.15) is 23.6 Å².